The van der Waals surface area contributed by atoms with Crippen LogP contribution in [0.1, 0.15) is 37.7 Å². The average Bonchev–Trinajstić information content (AvgIpc) is 2.46. The van der Waals surface area contributed by atoms with Crippen LogP contribution in [0.4, 0.5) is 0 Å². The Balaban J connectivity index is 2.24. The molecule has 1 fully saturated rings. The van der Waals surface area contributed by atoms with Crippen LogP contribution in [-0.4, -0.2) is 7.11 Å². The zero-order valence-electron chi connectivity index (χ0n) is 11.5. The molecule has 2 heteroatoms. The Morgan fingerprint density at radius 3 is 2.47 bits per heavy atom. The van der Waals surface area contributed by atoms with E-state index in [0.29, 0.717) is 0 Å². The van der Waals surface area contributed by atoms with Crippen LogP contribution in [0, 0.1) is 0 Å². The Hall–Kier alpha value is -1.54. The summed E-state index contributed by atoms with van der Waals surface area (Å²) in [7, 11) is 1.74. The number of rotatable bonds is 2. The van der Waals surface area contributed by atoms with Crippen LogP contribution in [0.3, 0.4) is 0 Å². The van der Waals surface area contributed by atoms with E-state index in [0.717, 1.165) is 18.6 Å². The third kappa shape index (κ3) is 2.10. The molecule has 0 spiro atoms. The summed E-state index contributed by atoms with van der Waals surface area (Å²) in [5.41, 5.74) is 7.71. The molecule has 19 heavy (non-hydrogen) atoms. The van der Waals surface area contributed by atoms with Gasteiger partial charge in [0.05, 0.1) is 7.11 Å². The van der Waals surface area contributed by atoms with E-state index in [1.165, 1.54) is 35.6 Å². The van der Waals surface area contributed by atoms with Crippen molar-refractivity contribution in [2.75, 3.05) is 7.11 Å². The van der Waals surface area contributed by atoms with Crippen molar-refractivity contribution >= 4 is 10.8 Å². The van der Waals surface area contributed by atoms with Gasteiger partial charge in [0, 0.05) is 11.1 Å². The van der Waals surface area contributed by atoms with Gasteiger partial charge in [-0.05, 0) is 29.7 Å². The molecule has 3 rings (SSSR count). The molecule has 2 aromatic rings. The molecule has 0 aromatic heterocycles. The van der Waals surface area contributed by atoms with E-state index in [-0.39, 0.29) is 5.54 Å². The van der Waals surface area contributed by atoms with Crippen LogP contribution in [-0.2, 0) is 5.54 Å². The van der Waals surface area contributed by atoms with Crippen molar-refractivity contribution in [1.82, 2.24) is 0 Å². The lowest BCUT2D eigenvalue weighted by atomic mass is 9.75. The van der Waals surface area contributed by atoms with Gasteiger partial charge < -0.3 is 10.5 Å². The minimum Gasteiger partial charge on any atom is -0.496 e. The molecule has 2 N–H and O–H groups in total. The molecule has 100 valence electrons. The van der Waals surface area contributed by atoms with Gasteiger partial charge in [-0.3, -0.25) is 0 Å². The van der Waals surface area contributed by atoms with E-state index in [1.54, 1.807) is 7.11 Å². The highest BCUT2D eigenvalue weighted by molar-refractivity contribution is 5.88. The van der Waals surface area contributed by atoms with E-state index in [2.05, 4.69) is 36.4 Å². The molecule has 0 amide bonds. The third-order valence-electron chi connectivity index (χ3n) is 4.35. The molecule has 0 atom stereocenters. The molecule has 1 aliphatic rings. The van der Waals surface area contributed by atoms with Crippen molar-refractivity contribution < 1.29 is 4.74 Å². The molecule has 0 saturated heterocycles. The van der Waals surface area contributed by atoms with Gasteiger partial charge in [-0.25, -0.2) is 0 Å². The maximum atomic E-state index is 6.74. The predicted octanol–water partition coefficient (Wildman–Crippen LogP) is 3.97. The third-order valence-corrected chi connectivity index (χ3v) is 4.35. The highest BCUT2D eigenvalue weighted by Crippen LogP contribution is 2.42. The first-order valence-electron chi connectivity index (χ1n) is 7.10. The van der Waals surface area contributed by atoms with E-state index in [4.69, 9.17) is 10.5 Å². The van der Waals surface area contributed by atoms with Crippen molar-refractivity contribution in [2.24, 2.45) is 5.73 Å². The number of benzene rings is 2. The van der Waals surface area contributed by atoms with Gasteiger partial charge in [-0.2, -0.15) is 0 Å². The summed E-state index contributed by atoms with van der Waals surface area (Å²) in [6.45, 7) is 0. The van der Waals surface area contributed by atoms with Crippen molar-refractivity contribution in [3.8, 4) is 5.75 Å². The van der Waals surface area contributed by atoms with E-state index in [9.17, 15) is 0 Å². The van der Waals surface area contributed by atoms with Crippen molar-refractivity contribution in [3.05, 3.63) is 42.0 Å². The maximum absolute atomic E-state index is 6.74. The first-order valence-corrected chi connectivity index (χ1v) is 7.10. The molecule has 0 unspecified atom stereocenters. The summed E-state index contributed by atoms with van der Waals surface area (Å²) >= 11 is 0. The van der Waals surface area contributed by atoms with Crippen molar-refractivity contribution in [2.45, 2.75) is 37.6 Å². The normalized spacial score (nSPS) is 18.4. The molecule has 0 heterocycles. The highest BCUT2D eigenvalue weighted by Gasteiger charge is 2.33. The fourth-order valence-electron chi connectivity index (χ4n) is 3.37. The molecule has 2 aromatic carbocycles. The largest absolute Gasteiger partial charge is 0.496 e. The monoisotopic (exact) mass is 255 g/mol. The number of methoxy groups -OCH3 is 1. The molecule has 1 saturated carbocycles. The fraction of sp³-hybridized carbons (Fsp3) is 0.412. The van der Waals surface area contributed by atoms with Crippen LogP contribution in [0.25, 0.3) is 10.8 Å². The minimum absolute atomic E-state index is 0.232. The summed E-state index contributed by atoms with van der Waals surface area (Å²) < 4.78 is 5.59. The molecule has 0 bridgehead atoms. The first-order chi connectivity index (χ1) is 9.24. The summed E-state index contributed by atoms with van der Waals surface area (Å²) in [6.07, 6.45) is 5.83. The van der Waals surface area contributed by atoms with Gasteiger partial charge in [-0.15, -0.1) is 0 Å². The zero-order chi connectivity index (χ0) is 13.3. The van der Waals surface area contributed by atoms with Crippen LogP contribution in [0.2, 0.25) is 0 Å². The Morgan fingerprint density at radius 2 is 1.74 bits per heavy atom. The molecule has 0 radical (unpaired) electrons. The second kappa shape index (κ2) is 4.86. The zero-order valence-corrected chi connectivity index (χ0v) is 11.5. The lowest BCUT2D eigenvalue weighted by molar-refractivity contribution is 0.291. The van der Waals surface area contributed by atoms with Crippen LogP contribution in [0.5, 0.6) is 5.75 Å². The van der Waals surface area contributed by atoms with E-state index >= 15 is 0 Å². The van der Waals surface area contributed by atoms with Gasteiger partial charge in [0.2, 0.25) is 0 Å². The maximum Gasteiger partial charge on any atom is 0.124 e. The average molecular weight is 255 g/mol. The summed E-state index contributed by atoms with van der Waals surface area (Å²) in [6, 6.07) is 12.6. The number of hydrogen-bond donors (Lipinski definition) is 1. The van der Waals surface area contributed by atoms with Crippen LogP contribution < -0.4 is 10.5 Å². The fourth-order valence-corrected chi connectivity index (χ4v) is 3.37. The van der Waals surface area contributed by atoms with Crippen LogP contribution >= 0.6 is 0 Å². The Kier molecular flexibility index (Phi) is 3.19. The van der Waals surface area contributed by atoms with Gasteiger partial charge in [-0.1, -0.05) is 49.6 Å². The van der Waals surface area contributed by atoms with Crippen molar-refractivity contribution in [1.29, 1.82) is 0 Å². The first kappa shape index (κ1) is 12.5. The topological polar surface area (TPSA) is 35.2 Å². The number of fused-ring (bicyclic) bond motifs is 1. The minimum atomic E-state index is -0.232. The Morgan fingerprint density at radius 1 is 1.00 bits per heavy atom. The van der Waals surface area contributed by atoms with Gasteiger partial charge in [0.25, 0.3) is 0 Å². The summed E-state index contributed by atoms with van der Waals surface area (Å²) in [5, 5.41) is 2.49. The van der Waals surface area contributed by atoms with Crippen LogP contribution in [0.15, 0.2) is 36.4 Å². The molecular formula is C17H21NO. The summed E-state index contributed by atoms with van der Waals surface area (Å²) in [5.74, 6) is 0.933. The van der Waals surface area contributed by atoms with E-state index in [1.807, 2.05) is 0 Å². The SMILES string of the molecule is COc1ccc2ccccc2c1C1(N)CCCCC1. The number of nitrogens with two attached hydrogens (primary N) is 1. The quantitative estimate of drug-likeness (QED) is 0.881. The summed E-state index contributed by atoms with van der Waals surface area (Å²) in [4.78, 5) is 0. The molecule has 1 aliphatic carbocycles. The molecule has 2 nitrogen and oxygen atoms in total. The van der Waals surface area contributed by atoms with Gasteiger partial charge in [0.1, 0.15) is 5.75 Å². The van der Waals surface area contributed by atoms with Crippen molar-refractivity contribution in [3.63, 3.8) is 0 Å². The van der Waals surface area contributed by atoms with E-state index < -0.39 is 0 Å². The standard InChI is InChI=1S/C17H21NO/c1-19-15-10-9-13-7-3-4-8-14(13)16(15)17(18)11-5-2-6-12-17/h3-4,7-10H,2,5-6,11-12,18H2,1H3. The second-order valence-corrected chi connectivity index (χ2v) is 5.58. The lowest BCUT2D eigenvalue weighted by Crippen LogP contribution is -2.39. The molecular weight excluding hydrogens is 234 g/mol. The smallest absolute Gasteiger partial charge is 0.124 e. The number of hydrogen-bond acceptors (Lipinski definition) is 2. The van der Waals surface area contributed by atoms with Gasteiger partial charge >= 0.3 is 0 Å². The lowest BCUT2D eigenvalue weighted by Gasteiger charge is -2.35. The van der Waals surface area contributed by atoms with Gasteiger partial charge in [0.15, 0.2) is 0 Å². The Labute approximate surface area is 114 Å². The number of ether oxygens (including phenoxy) is 1. The molecule has 0 aliphatic heterocycles. The Bertz CT molecular complexity index is 585. The highest BCUT2D eigenvalue weighted by atomic mass is 16.5. The predicted molar refractivity (Wildman–Crippen MR) is 79.5 cm³/mol. The second-order valence-electron chi connectivity index (χ2n) is 5.58.